The number of sulfonamides is 2. The molecule has 0 radical (unpaired) electrons. The number of amides is 1. The van der Waals surface area contributed by atoms with Crippen molar-refractivity contribution in [2.24, 2.45) is 11.8 Å². The highest BCUT2D eigenvalue weighted by molar-refractivity contribution is 7.92. The molecule has 1 aliphatic heterocycles. The molecule has 2 N–H and O–H groups in total. The van der Waals surface area contributed by atoms with Gasteiger partial charge in [0.2, 0.25) is 30.3 Å². The SMILES string of the molecule is CC1CC(C)CN(S(=O)(=O)c2cccc(C(=O)Nc3nnc(NS(C)(=O)=O)s3)c2)C1. The number of hydrogen-bond acceptors (Lipinski definition) is 8. The van der Waals surface area contributed by atoms with Crippen LogP contribution < -0.4 is 10.0 Å². The predicted octanol–water partition coefficient (Wildman–Crippen LogP) is 1.83. The maximum absolute atomic E-state index is 13.1. The van der Waals surface area contributed by atoms with Crippen molar-refractivity contribution < 1.29 is 21.6 Å². The highest BCUT2D eigenvalue weighted by Crippen LogP contribution is 2.27. The van der Waals surface area contributed by atoms with Crippen LogP contribution in [0.3, 0.4) is 0 Å². The van der Waals surface area contributed by atoms with Gasteiger partial charge in [0.1, 0.15) is 0 Å². The Labute approximate surface area is 179 Å². The number of rotatable bonds is 6. The van der Waals surface area contributed by atoms with Crippen molar-refractivity contribution in [3.63, 3.8) is 0 Å². The van der Waals surface area contributed by atoms with Gasteiger partial charge >= 0.3 is 0 Å². The Morgan fingerprint density at radius 2 is 1.73 bits per heavy atom. The standard InChI is InChI=1S/C17H23N5O5S3/c1-11-7-12(2)10-22(9-11)30(26,27)14-6-4-5-13(8-14)15(23)18-16-19-20-17(28-16)21-29(3,24)25/h4-6,8,11-12H,7,9-10H2,1-3H3,(H,20,21)(H,18,19,23). The second-order valence-electron chi connectivity index (χ2n) is 7.54. The third-order valence-corrected chi connectivity index (χ3v) is 7.76. The minimum Gasteiger partial charge on any atom is -0.296 e. The first-order valence-electron chi connectivity index (χ1n) is 9.17. The van der Waals surface area contributed by atoms with E-state index in [9.17, 15) is 21.6 Å². The molecule has 2 unspecified atom stereocenters. The van der Waals surface area contributed by atoms with Gasteiger partial charge in [-0.25, -0.2) is 16.8 Å². The molecule has 1 saturated heterocycles. The van der Waals surface area contributed by atoms with E-state index in [1.807, 2.05) is 13.8 Å². The van der Waals surface area contributed by atoms with Crippen molar-refractivity contribution in [3.05, 3.63) is 29.8 Å². The number of hydrogen-bond donors (Lipinski definition) is 2. The summed E-state index contributed by atoms with van der Waals surface area (Å²) in [6, 6.07) is 5.79. The summed E-state index contributed by atoms with van der Waals surface area (Å²) >= 11 is 0.845. The Balaban J connectivity index is 1.77. The van der Waals surface area contributed by atoms with Crippen LogP contribution in [-0.4, -0.2) is 56.6 Å². The van der Waals surface area contributed by atoms with Crippen molar-refractivity contribution in [2.45, 2.75) is 25.2 Å². The lowest BCUT2D eigenvalue weighted by molar-refractivity contribution is 0.102. The van der Waals surface area contributed by atoms with Gasteiger partial charge in [0.05, 0.1) is 11.2 Å². The van der Waals surface area contributed by atoms with Gasteiger partial charge in [0, 0.05) is 18.7 Å². The maximum atomic E-state index is 13.1. The van der Waals surface area contributed by atoms with E-state index < -0.39 is 26.0 Å². The van der Waals surface area contributed by atoms with E-state index in [1.54, 1.807) is 0 Å². The number of aromatic nitrogens is 2. The summed E-state index contributed by atoms with van der Waals surface area (Å²) in [6.07, 6.45) is 1.95. The first kappa shape index (κ1) is 22.6. The van der Waals surface area contributed by atoms with Crippen LogP contribution in [0.15, 0.2) is 29.2 Å². The van der Waals surface area contributed by atoms with E-state index in [1.165, 1.54) is 28.6 Å². The van der Waals surface area contributed by atoms with Crippen molar-refractivity contribution in [1.82, 2.24) is 14.5 Å². The molecular formula is C17H23N5O5S3. The van der Waals surface area contributed by atoms with E-state index in [4.69, 9.17) is 0 Å². The molecule has 2 heterocycles. The number of nitrogens with zero attached hydrogens (tertiary/aromatic N) is 3. The lowest BCUT2D eigenvalue weighted by atomic mass is 9.94. The van der Waals surface area contributed by atoms with Crippen LogP contribution in [-0.2, 0) is 20.0 Å². The molecule has 2 aromatic rings. The monoisotopic (exact) mass is 473 g/mol. The minimum absolute atomic E-state index is 0.0115. The number of piperidine rings is 1. The predicted molar refractivity (Wildman–Crippen MR) is 114 cm³/mol. The second-order valence-corrected chi connectivity index (χ2v) is 12.2. The van der Waals surface area contributed by atoms with E-state index >= 15 is 0 Å². The Kier molecular flexibility index (Phi) is 6.45. The Morgan fingerprint density at radius 1 is 1.10 bits per heavy atom. The van der Waals surface area contributed by atoms with E-state index in [-0.39, 0.29) is 32.6 Å². The van der Waals surface area contributed by atoms with E-state index in [2.05, 4.69) is 20.2 Å². The summed E-state index contributed by atoms with van der Waals surface area (Å²) in [4.78, 5) is 12.6. The number of carbonyl (C=O) groups is 1. The van der Waals surface area contributed by atoms with Crippen LogP contribution in [0.25, 0.3) is 0 Å². The summed E-state index contributed by atoms with van der Waals surface area (Å²) in [5.74, 6) is -0.0428. The summed E-state index contributed by atoms with van der Waals surface area (Å²) in [6.45, 7) is 4.95. The zero-order chi connectivity index (χ0) is 22.1. The smallest absolute Gasteiger partial charge is 0.257 e. The Bertz CT molecular complexity index is 1140. The van der Waals surface area contributed by atoms with Gasteiger partial charge in [0.25, 0.3) is 5.91 Å². The minimum atomic E-state index is -3.72. The molecule has 0 spiro atoms. The second kappa shape index (κ2) is 8.57. The normalized spacial score (nSPS) is 20.6. The van der Waals surface area contributed by atoms with Gasteiger partial charge < -0.3 is 0 Å². The van der Waals surface area contributed by atoms with Crippen LogP contribution in [0, 0.1) is 11.8 Å². The molecule has 13 heteroatoms. The summed E-state index contributed by atoms with van der Waals surface area (Å²) in [5, 5.41) is 9.94. The molecule has 1 fully saturated rings. The summed E-state index contributed by atoms with van der Waals surface area (Å²) in [5.41, 5.74) is 0.141. The van der Waals surface area contributed by atoms with Crippen LogP contribution in [0.4, 0.5) is 10.3 Å². The summed E-state index contributed by atoms with van der Waals surface area (Å²) in [7, 11) is -7.23. The summed E-state index contributed by atoms with van der Waals surface area (Å²) < 4.78 is 52.2. The van der Waals surface area contributed by atoms with E-state index in [0.29, 0.717) is 13.1 Å². The highest BCUT2D eigenvalue weighted by Gasteiger charge is 2.32. The van der Waals surface area contributed by atoms with Gasteiger partial charge in [-0.2, -0.15) is 4.31 Å². The first-order chi connectivity index (χ1) is 13.9. The van der Waals surface area contributed by atoms with Crippen LogP contribution in [0.1, 0.15) is 30.6 Å². The third-order valence-electron chi connectivity index (χ3n) is 4.49. The molecule has 1 aromatic heterocycles. The number of nitrogens with one attached hydrogen (secondary N) is 2. The first-order valence-corrected chi connectivity index (χ1v) is 13.3. The molecule has 0 saturated carbocycles. The molecule has 164 valence electrons. The molecule has 0 aliphatic carbocycles. The van der Waals surface area contributed by atoms with Crippen molar-refractivity contribution in [3.8, 4) is 0 Å². The number of carbonyl (C=O) groups excluding carboxylic acids is 1. The molecule has 1 aromatic carbocycles. The topological polar surface area (TPSA) is 138 Å². The van der Waals surface area contributed by atoms with E-state index in [0.717, 1.165) is 24.0 Å². The molecule has 10 nitrogen and oxygen atoms in total. The fourth-order valence-electron chi connectivity index (χ4n) is 3.39. The molecule has 1 aliphatic rings. The molecule has 30 heavy (non-hydrogen) atoms. The molecule has 3 rings (SSSR count). The van der Waals surface area contributed by atoms with Crippen LogP contribution >= 0.6 is 11.3 Å². The molecule has 0 bridgehead atoms. The largest absolute Gasteiger partial charge is 0.296 e. The van der Waals surface area contributed by atoms with Gasteiger partial charge in [-0.3, -0.25) is 14.8 Å². The quantitative estimate of drug-likeness (QED) is 0.652. The lowest BCUT2D eigenvalue weighted by Gasteiger charge is -2.34. The molecule has 2 atom stereocenters. The van der Waals surface area contributed by atoms with Crippen molar-refractivity contribution in [1.29, 1.82) is 0 Å². The maximum Gasteiger partial charge on any atom is 0.257 e. The van der Waals surface area contributed by atoms with Crippen LogP contribution in [0.5, 0.6) is 0 Å². The van der Waals surface area contributed by atoms with Gasteiger partial charge in [-0.05, 0) is 36.5 Å². The Hall–Kier alpha value is -2.09. The zero-order valence-electron chi connectivity index (χ0n) is 16.7. The lowest BCUT2D eigenvalue weighted by Crippen LogP contribution is -2.42. The van der Waals surface area contributed by atoms with Crippen molar-refractivity contribution in [2.75, 3.05) is 29.4 Å². The third kappa shape index (κ3) is 5.53. The Morgan fingerprint density at radius 3 is 2.37 bits per heavy atom. The zero-order valence-corrected chi connectivity index (χ0v) is 19.1. The van der Waals surface area contributed by atoms with Crippen molar-refractivity contribution >= 4 is 47.6 Å². The van der Waals surface area contributed by atoms with Gasteiger partial charge in [0.15, 0.2) is 0 Å². The highest BCUT2D eigenvalue weighted by atomic mass is 32.2. The average Bonchev–Trinajstić information content (AvgIpc) is 3.05. The van der Waals surface area contributed by atoms with Crippen LogP contribution in [0.2, 0.25) is 0 Å². The fraction of sp³-hybridized carbons (Fsp3) is 0.471. The molecule has 1 amide bonds. The average molecular weight is 474 g/mol. The van der Waals surface area contributed by atoms with Gasteiger partial charge in [-0.15, -0.1) is 10.2 Å². The fourth-order valence-corrected chi connectivity index (χ4v) is 6.59. The number of benzene rings is 1. The number of anilines is 2. The molecular weight excluding hydrogens is 450 g/mol. The van der Waals surface area contributed by atoms with Gasteiger partial charge in [-0.1, -0.05) is 31.3 Å².